The lowest BCUT2D eigenvalue weighted by molar-refractivity contribution is -0.228. The van der Waals surface area contributed by atoms with Gasteiger partial charge in [-0.2, -0.15) is 0 Å². The third kappa shape index (κ3) is 7.26. The molecule has 9 heteroatoms. The molecule has 4 heterocycles. The molecule has 3 saturated heterocycles. The predicted molar refractivity (Wildman–Crippen MR) is 195 cm³/mol. The zero-order valence-electron chi connectivity index (χ0n) is 32.6. The summed E-state index contributed by atoms with van der Waals surface area (Å²) in [7, 11) is -2.02. The molecule has 49 heavy (non-hydrogen) atoms. The zero-order valence-corrected chi connectivity index (χ0v) is 33.5. The highest BCUT2D eigenvalue weighted by atomic mass is 31.1. The third-order valence-electron chi connectivity index (χ3n) is 9.78. The van der Waals surface area contributed by atoms with Crippen LogP contribution in [0.25, 0.3) is 21.9 Å². The highest BCUT2D eigenvalue weighted by Crippen LogP contribution is 2.48. The molecule has 5 atom stereocenters. The summed E-state index contributed by atoms with van der Waals surface area (Å²) in [4.78, 5) is 0. The maximum absolute atomic E-state index is 7.07. The Hall–Kier alpha value is -1.90. The van der Waals surface area contributed by atoms with Gasteiger partial charge in [0.05, 0.1) is 6.61 Å². The molecule has 8 nitrogen and oxygen atoms in total. The number of benzene rings is 2. The Kier molecular flexibility index (Phi) is 8.89. The second kappa shape index (κ2) is 11.8. The Morgan fingerprint density at radius 3 is 1.51 bits per heavy atom. The maximum Gasteiger partial charge on any atom is 0.387 e. The lowest BCUT2D eigenvalue weighted by Gasteiger charge is -2.28. The summed E-state index contributed by atoms with van der Waals surface area (Å²) in [5.74, 6) is -1.58. The first-order valence-electron chi connectivity index (χ1n) is 17.8. The van der Waals surface area contributed by atoms with Crippen LogP contribution in [-0.4, -0.2) is 48.9 Å². The normalized spacial score (nSPS) is 27.3. The SMILES string of the molecule is CC1(C)OCC(C2OC3OC(C)(C)OC3C2Op2oc3c(C(C)(C)C)cc(C(C)(C)C)cc3c3cc(C(C)(C)C)cc(C(C)(C)C)c3o2)O1. The summed E-state index contributed by atoms with van der Waals surface area (Å²) >= 11 is 0. The van der Waals surface area contributed by atoms with Gasteiger partial charge in [-0.05, 0) is 72.6 Å². The van der Waals surface area contributed by atoms with Gasteiger partial charge in [0.1, 0.15) is 35.6 Å². The van der Waals surface area contributed by atoms with Gasteiger partial charge in [-0.25, -0.2) is 0 Å². The van der Waals surface area contributed by atoms with Crippen molar-refractivity contribution in [3.05, 3.63) is 46.5 Å². The van der Waals surface area contributed by atoms with E-state index in [0.717, 1.165) is 33.1 Å². The van der Waals surface area contributed by atoms with Crippen LogP contribution in [0.4, 0.5) is 0 Å². The van der Waals surface area contributed by atoms with Gasteiger partial charge in [0, 0.05) is 21.9 Å². The average molecular weight is 699 g/mol. The van der Waals surface area contributed by atoms with Crippen LogP contribution in [-0.2, 0) is 45.3 Å². The van der Waals surface area contributed by atoms with Gasteiger partial charge < -0.3 is 32.1 Å². The smallest absolute Gasteiger partial charge is 0.387 e. The van der Waals surface area contributed by atoms with Crippen molar-refractivity contribution in [1.82, 2.24) is 0 Å². The van der Waals surface area contributed by atoms with E-state index in [2.05, 4.69) is 107 Å². The van der Waals surface area contributed by atoms with Crippen molar-refractivity contribution >= 4 is 30.2 Å². The van der Waals surface area contributed by atoms with E-state index in [4.69, 9.17) is 36.6 Å². The minimum Gasteiger partial charge on any atom is -0.399 e. The largest absolute Gasteiger partial charge is 0.399 e. The Labute approximate surface area is 294 Å². The summed E-state index contributed by atoms with van der Waals surface area (Å²) < 4.78 is 52.6. The van der Waals surface area contributed by atoms with E-state index in [1.54, 1.807) is 0 Å². The highest BCUT2D eigenvalue weighted by Gasteiger charge is 2.59. The minimum absolute atomic E-state index is 0.0920. The van der Waals surface area contributed by atoms with Gasteiger partial charge in [0.25, 0.3) is 0 Å². The van der Waals surface area contributed by atoms with Crippen LogP contribution in [0.5, 0.6) is 0 Å². The van der Waals surface area contributed by atoms with E-state index in [9.17, 15) is 0 Å². The molecule has 0 amide bonds. The molecule has 272 valence electrons. The summed E-state index contributed by atoms with van der Waals surface area (Å²) in [6.45, 7) is 34.9. The molecule has 3 aliphatic rings. The molecule has 6 rings (SSSR count). The van der Waals surface area contributed by atoms with Crippen molar-refractivity contribution in [3.8, 4) is 0 Å². The summed E-state index contributed by atoms with van der Waals surface area (Å²) in [6.07, 6.45) is -2.66. The number of fused-ring (bicyclic) bond motifs is 4. The second-order valence-corrected chi connectivity index (χ2v) is 20.2. The van der Waals surface area contributed by atoms with Crippen LogP contribution in [0.1, 0.15) is 133 Å². The van der Waals surface area contributed by atoms with Gasteiger partial charge in [0.15, 0.2) is 17.9 Å². The Bertz CT molecular complexity index is 1680. The minimum atomic E-state index is -2.02. The quantitative estimate of drug-likeness (QED) is 0.267. The van der Waals surface area contributed by atoms with Crippen LogP contribution in [0.15, 0.2) is 32.7 Å². The highest BCUT2D eigenvalue weighted by molar-refractivity contribution is 7.31. The number of hydrogen-bond donors (Lipinski definition) is 0. The molecule has 0 bridgehead atoms. The first-order chi connectivity index (χ1) is 22.2. The van der Waals surface area contributed by atoms with Gasteiger partial charge in [-0.3, -0.25) is 4.52 Å². The Morgan fingerprint density at radius 1 is 0.612 bits per heavy atom. The first-order valence-corrected chi connectivity index (χ1v) is 18.9. The van der Waals surface area contributed by atoms with Crippen LogP contribution >= 0.6 is 8.24 Å². The van der Waals surface area contributed by atoms with Crippen molar-refractivity contribution in [1.29, 1.82) is 0 Å². The summed E-state index contributed by atoms with van der Waals surface area (Å²) in [5.41, 5.74) is 5.61. The van der Waals surface area contributed by atoms with Gasteiger partial charge in [-0.15, -0.1) is 0 Å². The molecule has 3 aliphatic heterocycles. The molecule has 0 N–H and O–H groups in total. The van der Waals surface area contributed by atoms with Gasteiger partial charge in [0.2, 0.25) is 0 Å². The maximum atomic E-state index is 7.07. The zero-order chi connectivity index (χ0) is 36.3. The van der Waals surface area contributed by atoms with Crippen molar-refractivity contribution in [2.75, 3.05) is 6.61 Å². The van der Waals surface area contributed by atoms with E-state index < -0.39 is 44.4 Å². The Balaban J connectivity index is 1.67. The van der Waals surface area contributed by atoms with Gasteiger partial charge >= 0.3 is 8.24 Å². The molecular formula is C40H59O8P. The fourth-order valence-corrected chi connectivity index (χ4v) is 8.20. The predicted octanol–water partition coefficient (Wildman–Crippen LogP) is 10.3. The van der Waals surface area contributed by atoms with E-state index in [1.807, 2.05) is 27.7 Å². The summed E-state index contributed by atoms with van der Waals surface area (Å²) in [6, 6.07) is 9.19. The van der Waals surface area contributed by atoms with Crippen molar-refractivity contribution in [3.63, 3.8) is 0 Å². The molecule has 0 radical (unpaired) electrons. The summed E-state index contributed by atoms with van der Waals surface area (Å²) in [5, 5.41) is 2.04. The van der Waals surface area contributed by atoms with Crippen LogP contribution in [0, 0.1) is 0 Å². The molecule has 2 aromatic carbocycles. The number of ether oxygens (including phenoxy) is 5. The van der Waals surface area contributed by atoms with Crippen LogP contribution < -0.4 is 4.52 Å². The van der Waals surface area contributed by atoms with Crippen molar-refractivity contribution in [2.24, 2.45) is 0 Å². The topological polar surface area (TPSA) is 81.7 Å². The van der Waals surface area contributed by atoms with E-state index in [1.165, 1.54) is 11.1 Å². The van der Waals surface area contributed by atoms with E-state index in [0.29, 0.717) is 6.61 Å². The van der Waals surface area contributed by atoms with Gasteiger partial charge in [-0.1, -0.05) is 95.2 Å². The molecule has 0 saturated carbocycles. The lowest BCUT2D eigenvalue weighted by Crippen LogP contribution is -2.45. The first kappa shape index (κ1) is 36.9. The van der Waals surface area contributed by atoms with Crippen molar-refractivity contribution < 1.29 is 36.6 Å². The molecule has 3 aromatic rings. The molecule has 0 spiro atoms. The standard InChI is InChI=1S/C40H59O8P/c1-35(2,3)22-17-24-25-18-23(36(4,5)6)20-27(38(10,11)12)30(25)47-49(46-29(24)26(19-22)37(7,8)9)48-32-31(28-21-41-39(13,14)43-28)42-34-33(32)44-40(15,16)45-34/h17-20,28,31-34H,21H2,1-16H3. The van der Waals surface area contributed by atoms with Crippen LogP contribution in [0.2, 0.25) is 0 Å². The van der Waals surface area contributed by atoms with Crippen LogP contribution in [0.3, 0.4) is 0 Å². The molecule has 0 aliphatic carbocycles. The molecule has 5 unspecified atom stereocenters. The molecule has 1 aromatic heterocycles. The molecule has 3 fully saturated rings. The fraction of sp³-hybridized carbons (Fsp3) is 0.700. The lowest BCUT2D eigenvalue weighted by atomic mass is 9.77. The monoisotopic (exact) mass is 698 g/mol. The number of rotatable bonds is 3. The fourth-order valence-electron chi connectivity index (χ4n) is 6.95. The molecular weight excluding hydrogens is 639 g/mol. The second-order valence-electron chi connectivity index (χ2n) is 19.2. The van der Waals surface area contributed by atoms with Crippen molar-refractivity contribution in [2.45, 2.75) is 175 Å². The van der Waals surface area contributed by atoms with E-state index in [-0.39, 0.29) is 27.8 Å². The average Bonchev–Trinajstić information content (AvgIpc) is 3.50. The Morgan fingerprint density at radius 2 is 1.10 bits per heavy atom. The van der Waals surface area contributed by atoms with E-state index >= 15 is 0 Å². The number of hydrogen-bond acceptors (Lipinski definition) is 8. The third-order valence-corrected chi connectivity index (χ3v) is 10.9.